The number of nitrogens with one attached hydrogen (secondary N) is 2. The van der Waals surface area contributed by atoms with Gasteiger partial charge in [0.1, 0.15) is 6.04 Å². The molecule has 1 fully saturated rings. The third kappa shape index (κ3) is 3.00. The summed E-state index contributed by atoms with van der Waals surface area (Å²) in [4.78, 5) is 26.1. The van der Waals surface area contributed by atoms with Crippen molar-refractivity contribution in [1.82, 2.24) is 5.32 Å². The molecule has 1 aliphatic heterocycles. The molecule has 1 aliphatic rings. The number of hydrogen-bond acceptors (Lipinski definition) is 3. The first-order valence-corrected chi connectivity index (χ1v) is 7.99. The van der Waals surface area contributed by atoms with E-state index in [0.29, 0.717) is 22.1 Å². The molecule has 0 radical (unpaired) electrons. The Morgan fingerprint density at radius 2 is 1.92 bits per heavy atom. The fourth-order valence-electron chi connectivity index (χ4n) is 2.55. The van der Waals surface area contributed by atoms with Crippen molar-refractivity contribution in [3.63, 3.8) is 0 Å². The van der Waals surface area contributed by atoms with Crippen LogP contribution in [0.5, 0.6) is 0 Å². The van der Waals surface area contributed by atoms with Crippen LogP contribution in [0.3, 0.4) is 0 Å². The second kappa shape index (κ2) is 6.41. The summed E-state index contributed by atoms with van der Waals surface area (Å²) in [6.45, 7) is 3.67. The minimum Gasteiger partial charge on any atom is -0.350 e. The molecule has 0 aliphatic carbocycles. The highest BCUT2D eigenvalue weighted by atomic mass is 32.1. The number of thiocarbonyl (C=S) groups is 1. The first-order chi connectivity index (χ1) is 11.5. The standard InChI is InChI=1S/C18H17N3O2S/c1-11-8-9-14(20-16(22)13-6-4-3-5-7-13)10-15(11)21-17(23)12(2)19-18(21)24/h3-10,12H,1-2H3,(H,19,24)(H,20,22)/t12-/m1/s1. The summed E-state index contributed by atoms with van der Waals surface area (Å²) < 4.78 is 0. The molecule has 3 rings (SSSR count). The second-order valence-corrected chi connectivity index (χ2v) is 6.05. The van der Waals surface area contributed by atoms with Crippen LogP contribution in [-0.4, -0.2) is 23.0 Å². The maximum Gasteiger partial charge on any atom is 0.255 e. The van der Waals surface area contributed by atoms with Gasteiger partial charge in [0.05, 0.1) is 5.69 Å². The normalized spacial score (nSPS) is 16.9. The zero-order valence-electron chi connectivity index (χ0n) is 13.4. The molecular weight excluding hydrogens is 322 g/mol. The first kappa shape index (κ1) is 16.1. The number of rotatable bonds is 3. The van der Waals surface area contributed by atoms with Crippen LogP contribution in [0, 0.1) is 6.92 Å². The van der Waals surface area contributed by atoms with Gasteiger partial charge in [0.2, 0.25) is 0 Å². The maximum absolute atomic E-state index is 12.3. The van der Waals surface area contributed by atoms with Gasteiger partial charge in [-0.3, -0.25) is 14.5 Å². The molecule has 1 atom stereocenters. The van der Waals surface area contributed by atoms with Crippen LogP contribution in [0.1, 0.15) is 22.8 Å². The van der Waals surface area contributed by atoms with Crippen LogP contribution in [0.15, 0.2) is 48.5 Å². The summed E-state index contributed by atoms with van der Waals surface area (Å²) in [5, 5.41) is 6.18. The third-order valence-electron chi connectivity index (χ3n) is 3.88. The van der Waals surface area contributed by atoms with E-state index in [2.05, 4.69) is 10.6 Å². The third-order valence-corrected chi connectivity index (χ3v) is 4.18. The lowest BCUT2D eigenvalue weighted by atomic mass is 10.1. The average Bonchev–Trinajstić information content (AvgIpc) is 2.83. The van der Waals surface area contributed by atoms with E-state index in [-0.39, 0.29) is 17.9 Å². The first-order valence-electron chi connectivity index (χ1n) is 7.59. The predicted octanol–water partition coefficient (Wildman–Crippen LogP) is 2.86. The molecular formula is C18H17N3O2S. The largest absolute Gasteiger partial charge is 0.350 e. The molecule has 2 N–H and O–H groups in total. The van der Waals surface area contributed by atoms with Crippen LogP contribution in [-0.2, 0) is 4.79 Å². The summed E-state index contributed by atoms with van der Waals surface area (Å²) in [7, 11) is 0. The average molecular weight is 339 g/mol. The van der Waals surface area contributed by atoms with Gasteiger partial charge in [0.25, 0.3) is 11.8 Å². The smallest absolute Gasteiger partial charge is 0.255 e. The van der Waals surface area contributed by atoms with Crippen LogP contribution in [0.2, 0.25) is 0 Å². The number of carbonyl (C=O) groups excluding carboxylic acids is 2. The van der Waals surface area contributed by atoms with Crippen molar-refractivity contribution in [2.75, 3.05) is 10.2 Å². The topological polar surface area (TPSA) is 61.4 Å². The van der Waals surface area contributed by atoms with Crippen molar-refractivity contribution in [1.29, 1.82) is 0 Å². The number of carbonyl (C=O) groups is 2. The number of amides is 2. The van der Waals surface area contributed by atoms with E-state index in [1.54, 1.807) is 31.2 Å². The van der Waals surface area contributed by atoms with Crippen LogP contribution >= 0.6 is 12.2 Å². The van der Waals surface area contributed by atoms with Crippen molar-refractivity contribution in [2.24, 2.45) is 0 Å². The molecule has 5 nitrogen and oxygen atoms in total. The van der Waals surface area contributed by atoms with Gasteiger partial charge in [-0.05, 0) is 55.9 Å². The highest BCUT2D eigenvalue weighted by molar-refractivity contribution is 7.80. The molecule has 1 heterocycles. The molecule has 2 aromatic carbocycles. The SMILES string of the molecule is Cc1ccc(NC(=O)c2ccccc2)cc1N1C(=O)[C@@H](C)NC1=S. The number of aryl methyl sites for hydroxylation is 1. The summed E-state index contributed by atoms with van der Waals surface area (Å²) in [6, 6.07) is 14.0. The van der Waals surface area contributed by atoms with Crippen molar-refractivity contribution < 1.29 is 9.59 Å². The Bertz CT molecular complexity index is 820. The predicted molar refractivity (Wildman–Crippen MR) is 98.3 cm³/mol. The Morgan fingerprint density at radius 3 is 2.54 bits per heavy atom. The van der Waals surface area contributed by atoms with Gasteiger partial charge < -0.3 is 10.6 Å². The van der Waals surface area contributed by atoms with Crippen LogP contribution in [0.4, 0.5) is 11.4 Å². The van der Waals surface area contributed by atoms with Gasteiger partial charge in [-0.2, -0.15) is 0 Å². The molecule has 0 saturated carbocycles. The number of nitrogens with zero attached hydrogens (tertiary/aromatic N) is 1. The van der Waals surface area contributed by atoms with E-state index in [1.165, 1.54) is 4.90 Å². The van der Waals surface area contributed by atoms with Gasteiger partial charge in [-0.25, -0.2) is 0 Å². The Morgan fingerprint density at radius 1 is 1.21 bits per heavy atom. The van der Waals surface area contributed by atoms with Gasteiger partial charge >= 0.3 is 0 Å². The van der Waals surface area contributed by atoms with E-state index in [4.69, 9.17) is 12.2 Å². The fourth-order valence-corrected chi connectivity index (χ4v) is 2.92. The number of benzene rings is 2. The number of hydrogen-bond donors (Lipinski definition) is 2. The quantitative estimate of drug-likeness (QED) is 0.844. The summed E-state index contributed by atoms with van der Waals surface area (Å²) >= 11 is 5.25. The van der Waals surface area contributed by atoms with Gasteiger partial charge in [-0.1, -0.05) is 24.3 Å². The maximum atomic E-state index is 12.3. The highest BCUT2D eigenvalue weighted by Crippen LogP contribution is 2.27. The Balaban J connectivity index is 1.88. The van der Waals surface area contributed by atoms with Crippen LogP contribution < -0.4 is 15.5 Å². The minimum atomic E-state index is -0.348. The molecule has 2 amide bonds. The summed E-state index contributed by atoms with van der Waals surface area (Å²) in [6.07, 6.45) is 0. The zero-order valence-corrected chi connectivity index (χ0v) is 14.2. The van der Waals surface area contributed by atoms with E-state index in [1.807, 2.05) is 31.2 Å². The van der Waals surface area contributed by atoms with E-state index in [0.717, 1.165) is 5.56 Å². The Hall–Kier alpha value is -2.73. The molecule has 1 saturated heterocycles. The van der Waals surface area contributed by atoms with E-state index < -0.39 is 0 Å². The lowest BCUT2D eigenvalue weighted by Crippen LogP contribution is -2.31. The zero-order chi connectivity index (χ0) is 17.3. The minimum absolute atomic E-state index is 0.102. The lowest BCUT2D eigenvalue weighted by molar-refractivity contribution is -0.117. The van der Waals surface area contributed by atoms with Crippen molar-refractivity contribution in [3.8, 4) is 0 Å². The highest BCUT2D eigenvalue weighted by Gasteiger charge is 2.34. The van der Waals surface area contributed by atoms with Gasteiger partial charge in [-0.15, -0.1) is 0 Å². The molecule has 24 heavy (non-hydrogen) atoms. The molecule has 122 valence electrons. The summed E-state index contributed by atoms with van der Waals surface area (Å²) in [5.74, 6) is -0.304. The van der Waals surface area contributed by atoms with Crippen molar-refractivity contribution >= 4 is 40.5 Å². The Kier molecular flexibility index (Phi) is 4.31. The van der Waals surface area contributed by atoms with Gasteiger partial charge in [0, 0.05) is 11.3 Å². The molecule has 0 bridgehead atoms. The summed E-state index contributed by atoms with van der Waals surface area (Å²) in [5.41, 5.74) is 2.76. The second-order valence-electron chi connectivity index (χ2n) is 5.67. The van der Waals surface area contributed by atoms with Gasteiger partial charge in [0.15, 0.2) is 5.11 Å². The van der Waals surface area contributed by atoms with E-state index >= 15 is 0 Å². The van der Waals surface area contributed by atoms with E-state index in [9.17, 15) is 9.59 Å². The monoisotopic (exact) mass is 339 g/mol. The number of anilines is 2. The van der Waals surface area contributed by atoms with Crippen molar-refractivity contribution in [2.45, 2.75) is 19.9 Å². The molecule has 6 heteroatoms. The van der Waals surface area contributed by atoms with Crippen molar-refractivity contribution in [3.05, 3.63) is 59.7 Å². The molecule has 0 spiro atoms. The van der Waals surface area contributed by atoms with Crippen LogP contribution in [0.25, 0.3) is 0 Å². The fraction of sp³-hybridized carbons (Fsp3) is 0.167. The molecule has 2 aromatic rings. The molecule has 0 unspecified atom stereocenters. The Labute approximate surface area is 145 Å². The molecule has 0 aromatic heterocycles. The lowest BCUT2D eigenvalue weighted by Gasteiger charge is -2.19.